The Bertz CT molecular complexity index is 875. The molecule has 0 aromatic heterocycles. The number of rotatable bonds is 24. The van der Waals surface area contributed by atoms with E-state index in [-0.39, 0.29) is 31.8 Å². The molecule has 1 fully saturated rings. The number of β-amino-alcohol motifs (C(OH)–C–C–N with tert-alkyl or cyclic N) is 1. The van der Waals surface area contributed by atoms with Gasteiger partial charge in [0.25, 0.3) is 0 Å². The Balaban J connectivity index is 2.88. The lowest BCUT2D eigenvalue weighted by atomic mass is 10.2. The number of hydrogen-bond acceptors (Lipinski definition) is 13. The van der Waals surface area contributed by atoms with Gasteiger partial charge in [0, 0.05) is 84.8 Å². The van der Waals surface area contributed by atoms with Crippen molar-refractivity contribution >= 4 is 26.7 Å². The molecule has 1 rings (SSSR count). The average Bonchev–Trinajstić information content (AvgIpc) is 3.04. The van der Waals surface area contributed by atoms with E-state index in [9.17, 15) is 29.7 Å². The van der Waals surface area contributed by atoms with Crippen LogP contribution in [-0.4, -0.2) is 186 Å². The fourth-order valence-electron chi connectivity index (χ4n) is 5.85. The third-order valence-electron chi connectivity index (χ3n) is 8.23. The maximum atomic E-state index is 12.1. The number of ether oxygens (including phenoxy) is 2. The lowest BCUT2D eigenvalue weighted by Crippen LogP contribution is -2.46. The summed E-state index contributed by atoms with van der Waals surface area (Å²) in [4.78, 5) is 43.5. The first-order chi connectivity index (χ1) is 23.6. The zero-order valence-corrected chi connectivity index (χ0v) is 31.7. The summed E-state index contributed by atoms with van der Waals surface area (Å²) >= 11 is 0. The van der Waals surface area contributed by atoms with E-state index in [0.29, 0.717) is 117 Å². The van der Waals surface area contributed by atoms with Crippen LogP contribution in [0.3, 0.4) is 0 Å². The molecule has 15 nitrogen and oxygen atoms in total. The van der Waals surface area contributed by atoms with E-state index in [2.05, 4.69) is 19.6 Å². The van der Waals surface area contributed by atoms with Crippen LogP contribution in [0.25, 0.3) is 0 Å². The lowest BCUT2D eigenvalue weighted by Gasteiger charge is -2.32. The summed E-state index contributed by atoms with van der Waals surface area (Å²) in [6, 6.07) is 0.640. The van der Waals surface area contributed by atoms with E-state index in [1.165, 1.54) is 0 Å². The van der Waals surface area contributed by atoms with Gasteiger partial charge in [0.05, 0.1) is 38.6 Å². The molecule has 0 aromatic rings. The van der Waals surface area contributed by atoms with E-state index < -0.39 is 26.8 Å². The first kappa shape index (κ1) is 45.3. The Kier molecular flexibility index (Phi) is 25.8. The van der Waals surface area contributed by atoms with Crippen LogP contribution in [0, 0.1) is 0 Å². The highest BCUT2D eigenvalue weighted by Crippen LogP contribution is 2.18. The average molecular weight is 723 g/mol. The van der Waals surface area contributed by atoms with Crippen molar-refractivity contribution in [3.8, 4) is 0 Å². The van der Waals surface area contributed by atoms with Gasteiger partial charge in [0.2, 0.25) is 0 Å². The quantitative estimate of drug-likeness (QED) is 0.0747. The van der Waals surface area contributed by atoms with E-state index in [1.54, 1.807) is 6.92 Å². The van der Waals surface area contributed by atoms with Gasteiger partial charge in [-0.05, 0) is 73.1 Å². The third kappa shape index (κ3) is 22.7. The second kappa shape index (κ2) is 27.9. The molecule has 1 unspecified atom stereocenters. The summed E-state index contributed by atoms with van der Waals surface area (Å²) in [6.45, 7) is 17.3. The molecule has 0 bridgehead atoms. The third-order valence-corrected chi connectivity index (χ3v) is 11.4. The summed E-state index contributed by atoms with van der Waals surface area (Å²) in [5, 5.41) is 29.6. The number of aliphatic hydroxyl groups is 1. The number of carbonyl (C=O) groups is 3. The second-order valence-electron chi connectivity index (χ2n) is 12.2. The number of nitrogens with zero attached hydrogens (tertiary/aromatic N) is 4. The Morgan fingerprint density at radius 3 is 1.55 bits per heavy atom. The normalized spacial score (nSPS) is 17.8. The van der Waals surface area contributed by atoms with Crippen LogP contribution in [0.5, 0.6) is 0 Å². The van der Waals surface area contributed by atoms with Gasteiger partial charge in [-0.1, -0.05) is 0 Å². The van der Waals surface area contributed by atoms with E-state index in [0.717, 1.165) is 19.4 Å². The molecule has 0 spiro atoms. The summed E-state index contributed by atoms with van der Waals surface area (Å²) in [5.74, 6) is -1.93. The number of esters is 1. The zero-order chi connectivity index (χ0) is 36.3. The number of carboxylic acid groups (broad SMARTS) is 2. The summed E-state index contributed by atoms with van der Waals surface area (Å²) < 4.78 is 28.8. The minimum Gasteiger partial charge on any atom is -0.481 e. The Hall–Kier alpha value is -1.73. The molecule has 49 heavy (non-hydrogen) atoms. The van der Waals surface area contributed by atoms with Gasteiger partial charge >= 0.3 is 26.7 Å². The monoisotopic (exact) mass is 722 g/mol. The van der Waals surface area contributed by atoms with Gasteiger partial charge in [0.1, 0.15) is 0 Å². The largest absolute Gasteiger partial charge is 0.501 e. The molecule has 1 saturated heterocycles. The van der Waals surface area contributed by atoms with Gasteiger partial charge < -0.3 is 52.8 Å². The van der Waals surface area contributed by atoms with Crippen LogP contribution in [0.4, 0.5) is 0 Å². The first-order valence-corrected chi connectivity index (χ1v) is 20.2. The number of carboxylic acids is 2. The minimum absolute atomic E-state index is 0.0364. The molecule has 16 heteroatoms. The minimum atomic E-state index is -2.75. The molecule has 1 aliphatic heterocycles. The van der Waals surface area contributed by atoms with E-state index in [1.807, 2.05) is 20.8 Å². The summed E-state index contributed by atoms with van der Waals surface area (Å²) in [7, 11) is -2.75. The van der Waals surface area contributed by atoms with E-state index in [4.69, 9.17) is 22.8 Å². The van der Waals surface area contributed by atoms with Gasteiger partial charge in [-0.2, -0.15) is 0 Å². The molecule has 0 saturated carbocycles. The van der Waals surface area contributed by atoms with Crippen molar-refractivity contribution in [2.75, 3.05) is 118 Å². The zero-order valence-electron chi connectivity index (χ0n) is 30.7. The molecule has 1 aliphatic rings. The van der Waals surface area contributed by atoms with Crippen LogP contribution in [0.1, 0.15) is 66.2 Å². The number of hydrogen-bond donors (Lipinski definition) is 3. The van der Waals surface area contributed by atoms with Gasteiger partial charge in [0.15, 0.2) is 0 Å². The van der Waals surface area contributed by atoms with Crippen molar-refractivity contribution in [1.29, 1.82) is 0 Å². The highest BCUT2D eigenvalue weighted by molar-refractivity contribution is 6.60. The molecule has 1 atom stereocenters. The molecular formula is C33H66N4O11Si. The van der Waals surface area contributed by atoms with E-state index >= 15 is 0 Å². The van der Waals surface area contributed by atoms with Crippen LogP contribution < -0.4 is 0 Å². The molecule has 0 aliphatic carbocycles. The van der Waals surface area contributed by atoms with Gasteiger partial charge in [-0.3, -0.25) is 19.3 Å². The smallest absolute Gasteiger partial charge is 0.481 e. The number of carbonyl (C=O) groups excluding carboxylic acids is 1. The van der Waals surface area contributed by atoms with Crippen molar-refractivity contribution in [2.45, 2.75) is 78.4 Å². The molecule has 1 heterocycles. The molecule has 0 radical (unpaired) electrons. The first-order valence-electron chi connectivity index (χ1n) is 18.2. The van der Waals surface area contributed by atoms with Crippen LogP contribution >= 0.6 is 0 Å². The van der Waals surface area contributed by atoms with Crippen molar-refractivity contribution in [2.24, 2.45) is 0 Å². The molecule has 0 amide bonds. The predicted molar refractivity (Wildman–Crippen MR) is 188 cm³/mol. The van der Waals surface area contributed by atoms with Gasteiger partial charge in [-0.25, -0.2) is 0 Å². The number of aliphatic carboxylic acids is 2. The molecule has 3 N–H and O–H groups in total. The Labute approximate surface area is 295 Å². The fraction of sp³-hybridized carbons (Fsp3) is 0.909. The van der Waals surface area contributed by atoms with Crippen LogP contribution in [0.2, 0.25) is 6.04 Å². The Morgan fingerprint density at radius 1 is 0.653 bits per heavy atom. The lowest BCUT2D eigenvalue weighted by molar-refractivity contribution is -0.143. The highest BCUT2D eigenvalue weighted by Gasteiger charge is 2.39. The predicted octanol–water partition coefficient (Wildman–Crippen LogP) is 1.71. The maximum Gasteiger partial charge on any atom is 0.501 e. The van der Waals surface area contributed by atoms with Crippen molar-refractivity contribution in [3.05, 3.63) is 0 Å². The number of aliphatic hydroxyl groups excluding tert-OH is 1. The van der Waals surface area contributed by atoms with Crippen LogP contribution in [0.15, 0.2) is 0 Å². The molecular weight excluding hydrogens is 656 g/mol. The summed E-state index contributed by atoms with van der Waals surface area (Å²) in [6.07, 6.45) is 1.90. The standard InChI is InChI=1S/C33H66N4O11Si/c1-5-45-33(43)14-21-36-17-10-18-37(28-30(38)29-44-26-11-27-49(46-6-2,47-7-3)48-8-4)25-24-35(20-13-32(41)42)16-9-15-34(22-23-36)19-12-31(39)40/h30,38H,5-29H2,1-4H3,(H,39,40)(H,41,42). The highest BCUT2D eigenvalue weighted by atomic mass is 28.4. The molecule has 0 aromatic carbocycles. The topological polar surface area (TPSA) is 171 Å². The fourth-order valence-corrected chi connectivity index (χ4v) is 8.43. The SMILES string of the molecule is CCOC(=O)CCN1CCCN(CC(O)COCCC[Si](OCC)(OCC)OCC)CCN(CCC(=O)O)CCCN(CCC(=O)O)CC1. The van der Waals surface area contributed by atoms with Crippen LogP contribution in [-0.2, 0) is 37.1 Å². The van der Waals surface area contributed by atoms with Crippen molar-refractivity contribution in [3.63, 3.8) is 0 Å². The summed E-state index contributed by atoms with van der Waals surface area (Å²) in [5.41, 5.74) is 0. The second-order valence-corrected chi connectivity index (χ2v) is 14.9. The maximum absolute atomic E-state index is 12.1. The van der Waals surface area contributed by atoms with Crippen molar-refractivity contribution in [1.82, 2.24) is 19.6 Å². The van der Waals surface area contributed by atoms with Crippen molar-refractivity contribution < 1.29 is 52.5 Å². The molecule has 288 valence electrons. The van der Waals surface area contributed by atoms with Gasteiger partial charge in [-0.15, -0.1) is 0 Å². The Morgan fingerprint density at radius 2 is 1.10 bits per heavy atom.